The lowest BCUT2D eigenvalue weighted by atomic mass is 9.83. The molecule has 3 aliphatic heterocycles. The molecular weight excluding hydrogens is 550 g/mol. The standard InChI is InChI=1S/C29H31N3O10/c1-14(34)15-4-6-16(7-5-15)31-27(38)30-11-10-19-22(32(30)28(31)39)18-9-8-17(12-20(18)42-29(19,2)3)40-26-25(37)24(36)23(35)21(13-33)41-26/h4-10,12,21-26,33,35-37H,11,13H2,1-3H3/t21-,22?,23?,24+,25-,26-/m1/s1. The lowest BCUT2D eigenvalue weighted by Crippen LogP contribution is -2.60. The number of hydrogen-bond donors (Lipinski definition) is 4. The largest absolute Gasteiger partial charge is 0.483 e. The normalized spacial score (nSPS) is 27.6. The van der Waals surface area contributed by atoms with Crippen molar-refractivity contribution in [3.8, 4) is 17.2 Å². The van der Waals surface area contributed by atoms with Crippen molar-refractivity contribution < 1.29 is 39.4 Å². The predicted octanol–water partition coefficient (Wildman–Crippen LogP) is -0.118. The lowest BCUT2D eigenvalue weighted by Gasteiger charge is -2.43. The number of benzene rings is 2. The average Bonchev–Trinajstić information content (AvgIpc) is 3.22. The highest BCUT2D eigenvalue weighted by atomic mass is 16.7. The fourth-order valence-corrected chi connectivity index (χ4v) is 5.81. The third-order valence-electron chi connectivity index (χ3n) is 8.06. The second-order valence-corrected chi connectivity index (χ2v) is 11.1. The number of hydrogen-bond acceptors (Lipinski definition) is 10. The number of ketones is 1. The molecule has 222 valence electrons. The van der Waals surface area contributed by atoms with Crippen LogP contribution in [0.5, 0.6) is 11.5 Å². The van der Waals surface area contributed by atoms with Crippen molar-refractivity contribution in [2.24, 2.45) is 0 Å². The fourth-order valence-electron chi connectivity index (χ4n) is 5.81. The Kier molecular flexibility index (Phi) is 6.74. The number of nitrogens with zero attached hydrogens (tertiary/aromatic N) is 3. The van der Waals surface area contributed by atoms with Gasteiger partial charge in [0.05, 0.1) is 18.8 Å². The van der Waals surface area contributed by atoms with Crippen LogP contribution < -0.4 is 20.9 Å². The van der Waals surface area contributed by atoms with Crippen LogP contribution in [0.25, 0.3) is 5.69 Å². The summed E-state index contributed by atoms with van der Waals surface area (Å²) in [5.74, 6) is 0.423. The maximum Gasteiger partial charge on any atom is 0.352 e. The third kappa shape index (κ3) is 4.32. The number of allylic oxidation sites excluding steroid dienone is 1. The lowest BCUT2D eigenvalue weighted by molar-refractivity contribution is -0.277. The SMILES string of the molecule is CC(=O)c1ccc(-n2c(=O)n3n(c2=O)C2C(=CC3)C(C)(C)Oc3cc(O[C@@H]4O[C@H](CO)C(O)[C@H](O)[C@H]4O)ccc32)cc1. The van der Waals surface area contributed by atoms with Crippen LogP contribution in [0.15, 0.2) is 63.7 Å². The number of ether oxygens (including phenoxy) is 3. The van der Waals surface area contributed by atoms with E-state index in [-0.39, 0.29) is 18.1 Å². The molecule has 6 rings (SSSR count). The first-order valence-corrected chi connectivity index (χ1v) is 13.5. The van der Waals surface area contributed by atoms with Crippen molar-refractivity contribution in [2.45, 2.75) is 69.7 Å². The van der Waals surface area contributed by atoms with Gasteiger partial charge in [0.25, 0.3) is 0 Å². The molecular formula is C29H31N3O10. The molecule has 1 aromatic heterocycles. The Morgan fingerprint density at radius 2 is 1.74 bits per heavy atom. The molecule has 42 heavy (non-hydrogen) atoms. The van der Waals surface area contributed by atoms with E-state index in [1.165, 1.54) is 16.3 Å². The Morgan fingerprint density at radius 3 is 2.40 bits per heavy atom. The molecule has 13 nitrogen and oxygen atoms in total. The average molecular weight is 582 g/mol. The minimum Gasteiger partial charge on any atom is -0.483 e. The van der Waals surface area contributed by atoms with Gasteiger partial charge in [0.2, 0.25) is 6.29 Å². The summed E-state index contributed by atoms with van der Waals surface area (Å²) in [6.07, 6.45) is -5.38. The number of aromatic nitrogens is 3. The van der Waals surface area contributed by atoms with E-state index in [0.717, 1.165) is 10.1 Å². The zero-order valence-electron chi connectivity index (χ0n) is 23.1. The Bertz CT molecular complexity index is 1700. The highest BCUT2D eigenvalue weighted by Crippen LogP contribution is 2.47. The first kappa shape index (κ1) is 28.1. The van der Waals surface area contributed by atoms with Gasteiger partial charge in [-0.1, -0.05) is 6.08 Å². The number of Topliss-reactive ketones (excluding diaryl/α,β-unsaturated/α-hetero) is 1. The molecule has 1 saturated heterocycles. The Labute approximate surface area is 239 Å². The zero-order valence-corrected chi connectivity index (χ0v) is 23.1. The minimum absolute atomic E-state index is 0.133. The summed E-state index contributed by atoms with van der Waals surface area (Å²) in [5.41, 5.74) is 0.189. The fraction of sp³-hybridized carbons (Fsp3) is 0.414. The van der Waals surface area contributed by atoms with Crippen molar-refractivity contribution >= 4 is 5.78 Å². The van der Waals surface area contributed by atoms with Crippen molar-refractivity contribution in [1.82, 2.24) is 13.9 Å². The summed E-state index contributed by atoms with van der Waals surface area (Å²) in [6, 6.07) is 10.4. The van der Waals surface area contributed by atoms with E-state index >= 15 is 0 Å². The molecule has 2 unspecified atom stereocenters. The van der Waals surface area contributed by atoms with E-state index in [9.17, 15) is 34.8 Å². The van der Waals surface area contributed by atoms with Gasteiger partial charge in [0.1, 0.15) is 47.6 Å². The molecule has 13 heteroatoms. The number of carbonyl (C=O) groups is 1. The van der Waals surface area contributed by atoms with Gasteiger partial charge in [-0.3, -0.25) is 4.79 Å². The van der Waals surface area contributed by atoms with Gasteiger partial charge in [-0.15, -0.1) is 0 Å². The van der Waals surface area contributed by atoms with Crippen LogP contribution in [0.1, 0.15) is 42.7 Å². The summed E-state index contributed by atoms with van der Waals surface area (Å²) in [6.45, 7) is 4.68. The highest BCUT2D eigenvalue weighted by Gasteiger charge is 2.46. The summed E-state index contributed by atoms with van der Waals surface area (Å²) in [4.78, 5) is 39.0. The molecule has 1 fully saturated rings. The Balaban J connectivity index is 1.39. The molecule has 3 aliphatic rings. The van der Waals surface area contributed by atoms with Crippen molar-refractivity contribution in [3.63, 3.8) is 0 Å². The minimum atomic E-state index is -1.60. The maximum absolute atomic E-state index is 13.8. The van der Waals surface area contributed by atoms with Crippen LogP contribution in [-0.4, -0.2) is 83.1 Å². The van der Waals surface area contributed by atoms with E-state index in [0.29, 0.717) is 22.6 Å². The smallest absolute Gasteiger partial charge is 0.352 e. The van der Waals surface area contributed by atoms with E-state index in [1.54, 1.807) is 42.5 Å². The molecule has 0 aliphatic carbocycles. The predicted molar refractivity (Wildman–Crippen MR) is 146 cm³/mol. The van der Waals surface area contributed by atoms with Gasteiger partial charge in [-0.25, -0.2) is 23.5 Å². The first-order valence-electron chi connectivity index (χ1n) is 13.5. The van der Waals surface area contributed by atoms with Gasteiger partial charge in [-0.2, -0.15) is 0 Å². The van der Waals surface area contributed by atoms with E-state index < -0.39 is 60.3 Å². The van der Waals surface area contributed by atoms with E-state index in [2.05, 4.69) is 0 Å². The molecule has 0 saturated carbocycles. The van der Waals surface area contributed by atoms with Crippen molar-refractivity contribution in [2.75, 3.05) is 6.61 Å². The molecule has 0 bridgehead atoms. The molecule has 4 heterocycles. The molecule has 2 aromatic carbocycles. The number of aliphatic hydroxyl groups is 4. The number of fused-ring (bicyclic) bond motifs is 5. The molecule has 4 N–H and O–H groups in total. The third-order valence-corrected chi connectivity index (χ3v) is 8.06. The monoisotopic (exact) mass is 581 g/mol. The molecule has 6 atom stereocenters. The second-order valence-electron chi connectivity index (χ2n) is 11.1. The summed E-state index contributed by atoms with van der Waals surface area (Å²) in [5, 5.41) is 40.0. The topological polar surface area (TPSA) is 175 Å². The van der Waals surface area contributed by atoms with Gasteiger partial charge in [0.15, 0.2) is 5.78 Å². The molecule has 3 aromatic rings. The molecule has 0 amide bonds. The van der Waals surface area contributed by atoms with Crippen LogP contribution in [0.2, 0.25) is 0 Å². The zero-order chi connectivity index (χ0) is 30.1. The van der Waals surface area contributed by atoms with Gasteiger partial charge >= 0.3 is 11.4 Å². The van der Waals surface area contributed by atoms with E-state index in [1.807, 2.05) is 19.9 Å². The van der Waals surface area contributed by atoms with Gasteiger partial charge in [0, 0.05) is 17.2 Å². The Morgan fingerprint density at radius 1 is 1.02 bits per heavy atom. The summed E-state index contributed by atoms with van der Waals surface area (Å²) >= 11 is 0. The van der Waals surface area contributed by atoms with Crippen LogP contribution in [0, 0.1) is 0 Å². The number of aliphatic hydroxyl groups excluding tert-OH is 4. The highest BCUT2D eigenvalue weighted by molar-refractivity contribution is 5.94. The molecule has 0 spiro atoms. The van der Waals surface area contributed by atoms with Crippen LogP contribution in [-0.2, 0) is 11.3 Å². The van der Waals surface area contributed by atoms with Crippen LogP contribution in [0.4, 0.5) is 0 Å². The summed E-state index contributed by atoms with van der Waals surface area (Å²) in [7, 11) is 0. The van der Waals surface area contributed by atoms with E-state index in [4.69, 9.17) is 14.2 Å². The first-order chi connectivity index (χ1) is 19.9. The Hall–Kier alpha value is -4.01. The van der Waals surface area contributed by atoms with Crippen LogP contribution >= 0.6 is 0 Å². The maximum atomic E-state index is 13.8. The quantitative estimate of drug-likeness (QED) is 0.235. The molecule has 0 radical (unpaired) electrons. The van der Waals surface area contributed by atoms with Crippen molar-refractivity contribution in [1.29, 1.82) is 0 Å². The summed E-state index contributed by atoms with van der Waals surface area (Å²) < 4.78 is 21.4. The number of carbonyl (C=O) groups excluding carboxylic acids is 1. The second kappa shape index (κ2) is 10.1. The number of rotatable bonds is 5. The van der Waals surface area contributed by atoms with Gasteiger partial charge < -0.3 is 34.6 Å². The van der Waals surface area contributed by atoms with Crippen molar-refractivity contribution in [3.05, 3.63) is 86.2 Å². The van der Waals surface area contributed by atoms with Crippen LogP contribution in [0.3, 0.4) is 0 Å². The van der Waals surface area contributed by atoms with Gasteiger partial charge in [-0.05, 0) is 62.7 Å².